The van der Waals surface area contributed by atoms with Gasteiger partial charge in [0.1, 0.15) is 0 Å². The molecule has 0 amide bonds. The van der Waals surface area contributed by atoms with Crippen LogP contribution in [0.1, 0.15) is 18.4 Å². The number of nitro groups is 1. The molecule has 2 fully saturated rings. The van der Waals surface area contributed by atoms with Crippen LogP contribution in [0.15, 0.2) is 18.2 Å². The molecular weight excluding hydrogens is 263 g/mol. The number of rotatable bonds is 3. The van der Waals surface area contributed by atoms with Crippen LogP contribution in [0.2, 0.25) is 0 Å². The Labute approximate surface area is 116 Å². The molecule has 3 atom stereocenters. The SMILES string of the molecule is O=[N+]([O-])c1ccc(CN2CC3CCC(O)C3C2)cc1F. The first-order valence-electron chi connectivity index (χ1n) is 6.88. The second-order valence-corrected chi connectivity index (χ2v) is 5.81. The molecule has 0 aromatic heterocycles. The Hall–Kier alpha value is -1.53. The third kappa shape index (κ3) is 2.41. The van der Waals surface area contributed by atoms with Crippen molar-refractivity contribution < 1.29 is 14.4 Å². The average Bonchev–Trinajstić information content (AvgIpc) is 2.91. The number of aliphatic hydroxyl groups excluding tert-OH is 1. The first kappa shape index (κ1) is 13.5. The van der Waals surface area contributed by atoms with E-state index in [9.17, 15) is 19.6 Å². The molecule has 2 aliphatic rings. The molecule has 108 valence electrons. The number of benzene rings is 1. The summed E-state index contributed by atoms with van der Waals surface area (Å²) in [6, 6.07) is 4.06. The molecule has 5 nitrogen and oxygen atoms in total. The molecule has 1 aromatic rings. The Morgan fingerprint density at radius 3 is 2.85 bits per heavy atom. The summed E-state index contributed by atoms with van der Waals surface area (Å²) in [4.78, 5) is 12.1. The normalized spacial score (nSPS) is 29.6. The van der Waals surface area contributed by atoms with Crippen molar-refractivity contribution in [2.24, 2.45) is 11.8 Å². The van der Waals surface area contributed by atoms with E-state index < -0.39 is 16.4 Å². The van der Waals surface area contributed by atoms with Crippen molar-refractivity contribution in [3.63, 3.8) is 0 Å². The van der Waals surface area contributed by atoms with Gasteiger partial charge in [-0.25, -0.2) is 0 Å². The molecule has 1 heterocycles. The second-order valence-electron chi connectivity index (χ2n) is 5.81. The predicted molar refractivity (Wildman–Crippen MR) is 70.6 cm³/mol. The van der Waals surface area contributed by atoms with Crippen molar-refractivity contribution in [3.05, 3.63) is 39.7 Å². The molecule has 6 heteroatoms. The van der Waals surface area contributed by atoms with E-state index in [2.05, 4.69) is 4.90 Å². The maximum Gasteiger partial charge on any atom is 0.304 e. The summed E-state index contributed by atoms with van der Waals surface area (Å²) in [5, 5.41) is 20.4. The van der Waals surface area contributed by atoms with Crippen LogP contribution < -0.4 is 0 Å². The molecule has 1 saturated carbocycles. The Morgan fingerprint density at radius 2 is 2.20 bits per heavy atom. The van der Waals surface area contributed by atoms with E-state index in [1.165, 1.54) is 12.1 Å². The molecule has 1 saturated heterocycles. The lowest BCUT2D eigenvalue weighted by atomic mass is 10.00. The van der Waals surface area contributed by atoms with Gasteiger partial charge in [-0.2, -0.15) is 4.39 Å². The van der Waals surface area contributed by atoms with Crippen molar-refractivity contribution >= 4 is 5.69 Å². The van der Waals surface area contributed by atoms with E-state index in [1.54, 1.807) is 6.07 Å². The van der Waals surface area contributed by atoms with Gasteiger partial charge in [0.2, 0.25) is 5.82 Å². The number of aliphatic hydroxyl groups is 1. The first-order chi connectivity index (χ1) is 9.54. The number of nitro benzene ring substituents is 1. The summed E-state index contributed by atoms with van der Waals surface area (Å²) in [7, 11) is 0. The van der Waals surface area contributed by atoms with Crippen LogP contribution in [0.4, 0.5) is 10.1 Å². The molecule has 1 N–H and O–H groups in total. The lowest BCUT2D eigenvalue weighted by Gasteiger charge is -2.18. The highest BCUT2D eigenvalue weighted by Gasteiger charge is 2.41. The Bertz CT molecular complexity index is 537. The lowest BCUT2D eigenvalue weighted by molar-refractivity contribution is -0.387. The van der Waals surface area contributed by atoms with E-state index in [-0.39, 0.29) is 6.10 Å². The standard InChI is InChI=1S/C14H17FN2O3/c15-12-5-9(1-3-13(12)17(19)20)6-16-7-10-2-4-14(18)11(10)8-16/h1,3,5,10-11,14,18H,2,4,6-8H2. The molecule has 3 rings (SSSR count). The molecule has 0 bridgehead atoms. The van der Waals surface area contributed by atoms with Gasteiger partial charge < -0.3 is 5.11 Å². The highest BCUT2D eigenvalue weighted by Crippen LogP contribution is 2.38. The van der Waals surface area contributed by atoms with Gasteiger partial charge in [-0.05, 0) is 30.4 Å². The number of hydrogen-bond donors (Lipinski definition) is 1. The van der Waals surface area contributed by atoms with Crippen LogP contribution >= 0.6 is 0 Å². The summed E-state index contributed by atoms with van der Waals surface area (Å²) < 4.78 is 13.6. The van der Waals surface area contributed by atoms with Gasteiger partial charge in [-0.1, -0.05) is 6.07 Å². The van der Waals surface area contributed by atoms with E-state index in [1.807, 2.05) is 0 Å². The van der Waals surface area contributed by atoms with Gasteiger partial charge in [0.15, 0.2) is 0 Å². The van der Waals surface area contributed by atoms with Crippen molar-refractivity contribution in [2.75, 3.05) is 13.1 Å². The first-order valence-corrected chi connectivity index (χ1v) is 6.88. The number of fused-ring (bicyclic) bond motifs is 1. The van der Waals surface area contributed by atoms with Gasteiger partial charge in [0, 0.05) is 31.6 Å². The Balaban J connectivity index is 1.67. The zero-order valence-corrected chi connectivity index (χ0v) is 11.0. The van der Waals surface area contributed by atoms with Gasteiger partial charge in [0.25, 0.3) is 0 Å². The monoisotopic (exact) mass is 280 g/mol. The van der Waals surface area contributed by atoms with Crippen LogP contribution in [0.25, 0.3) is 0 Å². The summed E-state index contributed by atoms with van der Waals surface area (Å²) in [6.07, 6.45) is 1.73. The molecule has 0 spiro atoms. The largest absolute Gasteiger partial charge is 0.393 e. The van der Waals surface area contributed by atoms with Crippen molar-refractivity contribution in [1.29, 1.82) is 0 Å². The molecule has 20 heavy (non-hydrogen) atoms. The van der Waals surface area contributed by atoms with Crippen LogP contribution in [0.5, 0.6) is 0 Å². The molecule has 1 aromatic carbocycles. The van der Waals surface area contributed by atoms with Gasteiger partial charge >= 0.3 is 5.69 Å². The zero-order chi connectivity index (χ0) is 14.3. The van der Waals surface area contributed by atoms with Crippen LogP contribution in [0.3, 0.4) is 0 Å². The average molecular weight is 280 g/mol. The van der Waals surface area contributed by atoms with E-state index >= 15 is 0 Å². The number of nitrogens with zero attached hydrogens (tertiary/aromatic N) is 2. The summed E-state index contributed by atoms with van der Waals surface area (Å²) >= 11 is 0. The van der Waals surface area contributed by atoms with E-state index in [0.717, 1.165) is 31.5 Å². The molecule has 1 aliphatic carbocycles. The summed E-state index contributed by atoms with van der Waals surface area (Å²) in [6.45, 7) is 2.32. The van der Waals surface area contributed by atoms with Gasteiger partial charge in [-0.3, -0.25) is 15.0 Å². The minimum absolute atomic E-state index is 0.210. The fourth-order valence-corrected chi connectivity index (χ4v) is 3.51. The van der Waals surface area contributed by atoms with Crippen molar-refractivity contribution in [2.45, 2.75) is 25.5 Å². The van der Waals surface area contributed by atoms with Crippen LogP contribution in [-0.4, -0.2) is 34.1 Å². The fraction of sp³-hybridized carbons (Fsp3) is 0.571. The van der Waals surface area contributed by atoms with Crippen molar-refractivity contribution in [3.8, 4) is 0 Å². The smallest absolute Gasteiger partial charge is 0.304 e. The molecule has 1 aliphatic heterocycles. The maximum atomic E-state index is 13.6. The minimum atomic E-state index is -0.785. The van der Waals surface area contributed by atoms with Gasteiger partial charge in [0.05, 0.1) is 11.0 Å². The minimum Gasteiger partial charge on any atom is -0.393 e. The Kier molecular flexibility index (Phi) is 3.43. The second kappa shape index (κ2) is 5.10. The lowest BCUT2D eigenvalue weighted by Crippen LogP contribution is -2.24. The van der Waals surface area contributed by atoms with E-state index in [0.29, 0.717) is 18.4 Å². The van der Waals surface area contributed by atoms with E-state index in [4.69, 9.17) is 0 Å². The molecule has 0 radical (unpaired) electrons. The summed E-state index contributed by atoms with van der Waals surface area (Å²) in [5.74, 6) is 0.0812. The predicted octanol–water partition coefficient (Wildman–Crippen LogP) is 1.94. The highest BCUT2D eigenvalue weighted by atomic mass is 19.1. The third-order valence-corrected chi connectivity index (χ3v) is 4.51. The molecular formula is C14H17FN2O3. The topological polar surface area (TPSA) is 66.6 Å². The van der Waals surface area contributed by atoms with Crippen molar-refractivity contribution in [1.82, 2.24) is 4.90 Å². The fourth-order valence-electron chi connectivity index (χ4n) is 3.51. The number of likely N-dealkylation sites (tertiary alicyclic amines) is 1. The zero-order valence-electron chi connectivity index (χ0n) is 11.0. The highest BCUT2D eigenvalue weighted by molar-refractivity contribution is 5.35. The quantitative estimate of drug-likeness (QED) is 0.678. The number of halogens is 1. The maximum absolute atomic E-state index is 13.6. The van der Waals surface area contributed by atoms with Crippen LogP contribution in [0, 0.1) is 27.8 Å². The van der Waals surface area contributed by atoms with Crippen LogP contribution in [-0.2, 0) is 6.54 Å². The number of hydrogen-bond acceptors (Lipinski definition) is 4. The Morgan fingerprint density at radius 1 is 1.40 bits per heavy atom. The van der Waals surface area contributed by atoms with Gasteiger partial charge in [-0.15, -0.1) is 0 Å². The third-order valence-electron chi connectivity index (χ3n) is 4.51. The summed E-state index contributed by atoms with van der Waals surface area (Å²) in [5.41, 5.74) is 0.255. The molecule has 3 unspecified atom stereocenters.